The summed E-state index contributed by atoms with van der Waals surface area (Å²) in [4.78, 5) is 173. The van der Waals surface area contributed by atoms with E-state index in [0.717, 1.165) is 10.5 Å². The van der Waals surface area contributed by atoms with Crippen molar-refractivity contribution in [3.05, 3.63) is 118 Å². The van der Waals surface area contributed by atoms with E-state index in [1.165, 1.54) is 30.6 Å². The third kappa shape index (κ3) is 18.6. The zero-order valence-corrected chi connectivity index (χ0v) is 51.9. The van der Waals surface area contributed by atoms with Gasteiger partial charge in [0.25, 0.3) is 11.4 Å². The Morgan fingerprint density at radius 1 is 0.696 bits per heavy atom. The second-order valence-electron chi connectivity index (χ2n) is 24.1. The molecule has 3 aliphatic rings. The van der Waals surface area contributed by atoms with Crippen molar-refractivity contribution in [2.45, 2.75) is 164 Å². The van der Waals surface area contributed by atoms with Gasteiger partial charge < -0.3 is 73.5 Å². The number of guanidine groups is 1. The van der Waals surface area contributed by atoms with Crippen LogP contribution in [0, 0.1) is 15.5 Å². The summed E-state index contributed by atoms with van der Waals surface area (Å²) in [7, 11) is 0. The van der Waals surface area contributed by atoms with Crippen molar-refractivity contribution in [1.82, 2.24) is 41.0 Å². The lowest BCUT2D eigenvalue weighted by Crippen LogP contribution is -2.70. The first kappa shape index (κ1) is 71.7. The Kier molecular flexibility index (Phi) is 25.3. The van der Waals surface area contributed by atoms with Crippen LogP contribution in [0.1, 0.15) is 108 Å². The number of carboxylic acid groups (broad SMARTS) is 1. The number of aliphatic carboxylic acids is 1. The molecular weight excluding hydrogens is 1200 g/mol. The van der Waals surface area contributed by atoms with Crippen LogP contribution in [0.2, 0.25) is 0 Å². The first-order valence-corrected chi connectivity index (χ1v) is 30.5. The van der Waals surface area contributed by atoms with Crippen LogP contribution in [0.4, 0.5) is 0 Å². The standard InChI is InChI=1S/C62H84N14O16/c1-60(2,3)92-58(88)62(29-17-30-68-59(65)66,75(76(89)90)54(84)44(35-40-20-9-5-10-21-40)71-53(83)46-26-14-31-72(46)48(77)36-69-51(81)43(64)34-39-18-7-4-8-19-39)50(80)42(63)24-13-28-61(67,57(87)91-38-41-22-11-6-12-23-41)56(86)74-33-16-27-47(74)55(85)73-32-15-25-45(73)52(82)70-37-49(78)79/h4-12,18-23,42-47H,13-17,24-38,63-64,67H2,1-3H3,(H,69,81)(H,70,82)(H,71,83)(H,78,79)(H4,65,66,68)/t42?,43-,44-,45-,46-,47-,61-,62-/m0/s1. The van der Waals surface area contributed by atoms with Gasteiger partial charge in [-0.15, -0.1) is 0 Å². The summed E-state index contributed by atoms with van der Waals surface area (Å²) in [5.74, 6) is -12.6. The molecule has 0 spiro atoms. The Bertz CT molecular complexity index is 3170. The first-order chi connectivity index (χ1) is 43.6. The molecule has 8 atom stereocenters. The van der Waals surface area contributed by atoms with E-state index in [0.29, 0.717) is 17.5 Å². The van der Waals surface area contributed by atoms with Crippen LogP contribution in [0.5, 0.6) is 0 Å². The SMILES string of the molecule is CC(C)(C)OC(=O)[C@](CCCNC(=N)N)(C(=O)C(N)CCC[C@@](N)(C(=O)OCc1ccccc1)C(=O)N1CCC[C@H]1C(=O)N1CCC[C@H]1C(=O)NCC(=O)O)N(C(=O)[C@H](Cc1ccccc1)NC(=O)[C@@H]1CCCN1C(=O)CNC(=O)[C@@H](N)Cc1ccccc1)[N+](=O)[O-]. The van der Waals surface area contributed by atoms with Crippen LogP contribution in [0.3, 0.4) is 0 Å². The zero-order valence-electron chi connectivity index (χ0n) is 51.9. The van der Waals surface area contributed by atoms with Gasteiger partial charge in [0, 0.05) is 32.6 Å². The highest BCUT2D eigenvalue weighted by molar-refractivity contribution is 6.13. The number of hydrogen-bond donors (Lipinski definition) is 10. The van der Waals surface area contributed by atoms with Gasteiger partial charge in [0.05, 0.1) is 18.6 Å². The zero-order chi connectivity index (χ0) is 67.5. The van der Waals surface area contributed by atoms with Crippen molar-refractivity contribution in [1.29, 1.82) is 5.41 Å². The van der Waals surface area contributed by atoms with E-state index in [2.05, 4.69) is 21.3 Å². The maximum absolute atomic E-state index is 15.6. The maximum atomic E-state index is 15.6. The number of benzene rings is 3. The number of hydrogen-bond acceptors (Lipinski definition) is 19. The summed E-state index contributed by atoms with van der Waals surface area (Å²) in [6.45, 7) is 2.28. The normalized spacial score (nSPS) is 18.5. The number of nitrogens with one attached hydrogen (secondary N) is 5. The first-order valence-electron chi connectivity index (χ1n) is 30.5. The predicted molar refractivity (Wildman–Crippen MR) is 330 cm³/mol. The minimum atomic E-state index is -3.31. The highest BCUT2D eigenvalue weighted by Gasteiger charge is 2.63. The van der Waals surface area contributed by atoms with Crippen molar-refractivity contribution < 1.29 is 72.4 Å². The van der Waals surface area contributed by atoms with Gasteiger partial charge >= 0.3 is 23.8 Å². The van der Waals surface area contributed by atoms with E-state index in [1.807, 2.05) is 0 Å². The van der Waals surface area contributed by atoms with Crippen LogP contribution in [-0.2, 0) is 81.7 Å². The Morgan fingerprint density at radius 3 is 1.80 bits per heavy atom. The molecule has 0 aliphatic carbocycles. The molecule has 3 aromatic carbocycles. The van der Waals surface area contributed by atoms with Crippen molar-refractivity contribution in [3.63, 3.8) is 0 Å². The molecule has 3 fully saturated rings. The van der Waals surface area contributed by atoms with E-state index in [-0.39, 0.29) is 76.3 Å². The number of hydrazine groups is 1. The van der Waals surface area contributed by atoms with Crippen molar-refractivity contribution in [2.75, 3.05) is 39.3 Å². The van der Waals surface area contributed by atoms with Gasteiger partial charge in [0.2, 0.25) is 29.5 Å². The summed E-state index contributed by atoms with van der Waals surface area (Å²) in [5, 5.41) is 39.2. The molecule has 30 heteroatoms. The third-order valence-corrected chi connectivity index (χ3v) is 16.2. The Morgan fingerprint density at radius 2 is 1.24 bits per heavy atom. The average molecular weight is 1280 g/mol. The number of ketones is 1. The monoisotopic (exact) mass is 1280 g/mol. The highest BCUT2D eigenvalue weighted by Crippen LogP contribution is 2.34. The van der Waals surface area contributed by atoms with Gasteiger partial charge in [-0.1, -0.05) is 91.0 Å². The van der Waals surface area contributed by atoms with E-state index < -0.39 is 181 Å². The summed E-state index contributed by atoms with van der Waals surface area (Å²) in [6, 6.07) is 16.6. The number of rotatable bonds is 31. The Balaban J connectivity index is 1.32. The van der Waals surface area contributed by atoms with E-state index in [4.69, 9.17) is 37.8 Å². The van der Waals surface area contributed by atoms with Gasteiger partial charge in [-0.05, 0) is 120 Å². The predicted octanol–water partition coefficient (Wildman–Crippen LogP) is -0.554. The number of Topliss-reactive ketones (excluding diaryl/α,β-unsaturated/α-hetero) is 1. The number of nitro groups is 1. The summed E-state index contributed by atoms with van der Waals surface area (Å²) in [6.07, 6.45) is -2.11. The molecule has 498 valence electrons. The molecule has 1 unspecified atom stereocenters. The molecule has 7 amide bonds. The molecule has 14 N–H and O–H groups in total. The lowest BCUT2D eigenvalue weighted by Gasteiger charge is -2.38. The quantitative estimate of drug-likeness (QED) is 0.00734. The van der Waals surface area contributed by atoms with Gasteiger partial charge in [-0.2, -0.15) is 0 Å². The summed E-state index contributed by atoms with van der Waals surface area (Å²) < 4.78 is 11.4. The Labute approximate surface area is 531 Å². The summed E-state index contributed by atoms with van der Waals surface area (Å²) >= 11 is 0. The van der Waals surface area contributed by atoms with Gasteiger partial charge in [-0.3, -0.25) is 48.6 Å². The smallest absolute Gasteiger partial charge is 0.347 e. The molecule has 0 saturated carbocycles. The second-order valence-corrected chi connectivity index (χ2v) is 24.1. The van der Waals surface area contributed by atoms with E-state index in [9.17, 15) is 48.8 Å². The topological polar surface area (TPSA) is 459 Å². The van der Waals surface area contributed by atoms with Crippen molar-refractivity contribution in [3.8, 4) is 0 Å². The largest absolute Gasteiger partial charge is 0.480 e. The van der Waals surface area contributed by atoms with Gasteiger partial charge in [0.1, 0.15) is 42.9 Å². The number of ether oxygens (including phenoxy) is 2. The number of nitrogens with two attached hydrogens (primary N) is 4. The fourth-order valence-corrected chi connectivity index (χ4v) is 11.6. The third-order valence-electron chi connectivity index (χ3n) is 16.2. The van der Waals surface area contributed by atoms with Crippen LogP contribution < -0.4 is 44.2 Å². The molecule has 6 rings (SSSR count). The minimum Gasteiger partial charge on any atom is -0.480 e. The molecule has 3 heterocycles. The lowest BCUT2D eigenvalue weighted by molar-refractivity contribution is -0.647. The van der Waals surface area contributed by atoms with Gasteiger partial charge in [-0.25, -0.2) is 19.7 Å². The van der Waals surface area contributed by atoms with Crippen LogP contribution >= 0.6 is 0 Å². The average Bonchev–Trinajstić information content (AvgIpc) is 1.26. The van der Waals surface area contributed by atoms with Crippen LogP contribution in [0.15, 0.2) is 91.0 Å². The molecule has 3 saturated heterocycles. The molecule has 30 nitrogen and oxygen atoms in total. The number of likely N-dealkylation sites (tertiary alicyclic amines) is 3. The molecule has 3 aliphatic heterocycles. The number of amides is 7. The fourth-order valence-electron chi connectivity index (χ4n) is 11.6. The molecule has 3 aromatic rings. The van der Waals surface area contributed by atoms with Crippen LogP contribution in [0.25, 0.3) is 0 Å². The van der Waals surface area contributed by atoms with Crippen molar-refractivity contribution in [2.24, 2.45) is 22.9 Å². The minimum absolute atomic E-state index is 0.0373. The Hall–Kier alpha value is -9.42. The number of carbonyl (C=O) groups excluding carboxylic acids is 10. The maximum Gasteiger partial charge on any atom is 0.347 e. The highest BCUT2D eigenvalue weighted by atomic mass is 16.7. The molecule has 0 aromatic heterocycles. The molecule has 0 radical (unpaired) electrons. The van der Waals surface area contributed by atoms with Gasteiger partial charge in [0.15, 0.2) is 22.3 Å². The van der Waals surface area contributed by atoms with E-state index >= 15 is 19.2 Å². The van der Waals surface area contributed by atoms with E-state index in [1.54, 1.807) is 91.0 Å². The molecule has 0 bridgehead atoms. The van der Waals surface area contributed by atoms with Crippen LogP contribution in [-0.4, -0.2) is 193 Å². The molecular formula is C62H84N14O16. The number of carbonyl (C=O) groups is 11. The lowest BCUT2D eigenvalue weighted by atomic mass is 9.81. The second kappa shape index (κ2) is 32.5. The fraction of sp³-hybridized carbons (Fsp3) is 0.516. The number of esters is 2. The number of carboxylic acids is 1. The summed E-state index contributed by atoms with van der Waals surface area (Å²) in [5.41, 5.74) is 19.5. The number of nitrogens with zero attached hydrogens (tertiary/aromatic N) is 5. The van der Waals surface area contributed by atoms with Crippen molar-refractivity contribution >= 4 is 71.0 Å². The molecule has 92 heavy (non-hydrogen) atoms.